The van der Waals surface area contributed by atoms with Crippen molar-refractivity contribution in [3.63, 3.8) is 0 Å². The van der Waals surface area contributed by atoms with E-state index in [9.17, 15) is 0 Å². The van der Waals surface area contributed by atoms with Crippen LogP contribution in [0.1, 0.15) is 194 Å². The SMILES string of the molecule is CCCCCCCCCCCCCCOC1CC2CCC(C1)N2CCCCCCCCCCCCCC. The lowest BCUT2D eigenvalue weighted by Gasteiger charge is -2.39. The van der Waals surface area contributed by atoms with E-state index in [1.165, 1.54) is 186 Å². The predicted molar refractivity (Wildman–Crippen MR) is 165 cm³/mol. The molecule has 2 bridgehead atoms. The van der Waals surface area contributed by atoms with E-state index in [0.717, 1.165) is 18.7 Å². The van der Waals surface area contributed by atoms with E-state index in [0.29, 0.717) is 6.10 Å². The summed E-state index contributed by atoms with van der Waals surface area (Å²) < 4.78 is 6.39. The third-order valence-electron chi connectivity index (χ3n) is 9.46. The summed E-state index contributed by atoms with van der Waals surface area (Å²) in [7, 11) is 0. The third kappa shape index (κ3) is 16.6. The summed E-state index contributed by atoms with van der Waals surface area (Å²) in [5.74, 6) is 0. The average molecular weight is 520 g/mol. The fraction of sp³-hybridized carbons (Fsp3) is 1.00. The van der Waals surface area contributed by atoms with E-state index in [4.69, 9.17) is 4.74 Å². The fourth-order valence-corrected chi connectivity index (χ4v) is 7.05. The predicted octanol–water partition coefficient (Wildman–Crippen LogP) is 11.4. The molecule has 0 aromatic carbocycles. The second kappa shape index (κ2) is 23.8. The summed E-state index contributed by atoms with van der Waals surface area (Å²) in [6.45, 7) is 6.99. The lowest BCUT2D eigenvalue weighted by molar-refractivity contribution is -0.0214. The minimum absolute atomic E-state index is 0.559. The smallest absolute Gasteiger partial charge is 0.0604 e. The Morgan fingerprint density at radius 2 is 0.811 bits per heavy atom. The van der Waals surface area contributed by atoms with Gasteiger partial charge in [0.2, 0.25) is 0 Å². The van der Waals surface area contributed by atoms with E-state index in [2.05, 4.69) is 18.7 Å². The number of ether oxygens (including phenoxy) is 1. The van der Waals surface area contributed by atoms with Gasteiger partial charge < -0.3 is 4.74 Å². The number of nitrogens with zero attached hydrogens (tertiary/aromatic N) is 1. The minimum atomic E-state index is 0.559. The Kier molecular flexibility index (Phi) is 21.3. The molecule has 2 aliphatic rings. The first-order chi connectivity index (χ1) is 18.3. The molecule has 2 heteroatoms. The van der Waals surface area contributed by atoms with Crippen molar-refractivity contribution in [2.45, 2.75) is 212 Å². The molecule has 0 aromatic heterocycles. The Bertz CT molecular complexity index is 466. The maximum absolute atomic E-state index is 6.39. The van der Waals surface area contributed by atoms with Crippen LogP contribution in [0, 0.1) is 0 Å². The molecule has 2 unspecified atom stereocenters. The van der Waals surface area contributed by atoms with Gasteiger partial charge in [-0.05, 0) is 45.1 Å². The van der Waals surface area contributed by atoms with Crippen LogP contribution in [0.2, 0.25) is 0 Å². The van der Waals surface area contributed by atoms with Crippen molar-refractivity contribution in [2.75, 3.05) is 13.2 Å². The minimum Gasteiger partial charge on any atom is -0.378 e. The summed E-state index contributed by atoms with van der Waals surface area (Å²) in [6, 6.07) is 1.66. The van der Waals surface area contributed by atoms with Crippen LogP contribution < -0.4 is 0 Å². The summed E-state index contributed by atoms with van der Waals surface area (Å²) in [5, 5.41) is 0. The maximum Gasteiger partial charge on any atom is 0.0604 e. The van der Waals surface area contributed by atoms with Crippen LogP contribution in [0.3, 0.4) is 0 Å². The molecular weight excluding hydrogens is 450 g/mol. The Morgan fingerprint density at radius 3 is 1.22 bits per heavy atom. The number of rotatable bonds is 27. The van der Waals surface area contributed by atoms with Gasteiger partial charge in [-0.1, -0.05) is 155 Å². The van der Waals surface area contributed by atoms with Gasteiger partial charge in [0.25, 0.3) is 0 Å². The van der Waals surface area contributed by atoms with Crippen molar-refractivity contribution in [1.82, 2.24) is 4.90 Å². The molecule has 0 aromatic rings. The van der Waals surface area contributed by atoms with Crippen molar-refractivity contribution < 1.29 is 4.74 Å². The molecule has 0 N–H and O–H groups in total. The van der Waals surface area contributed by atoms with Crippen LogP contribution in [-0.2, 0) is 4.74 Å². The number of fused-ring (bicyclic) bond motifs is 2. The molecule has 2 aliphatic heterocycles. The Labute approximate surface area is 234 Å². The maximum atomic E-state index is 6.39. The van der Waals surface area contributed by atoms with Gasteiger partial charge in [0.1, 0.15) is 0 Å². The Balaban J connectivity index is 1.35. The monoisotopic (exact) mass is 520 g/mol. The van der Waals surface area contributed by atoms with E-state index in [1.54, 1.807) is 0 Å². The van der Waals surface area contributed by atoms with Crippen LogP contribution >= 0.6 is 0 Å². The Morgan fingerprint density at radius 1 is 0.459 bits per heavy atom. The van der Waals surface area contributed by atoms with Crippen LogP contribution in [0.15, 0.2) is 0 Å². The molecule has 0 radical (unpaired) electrons. The second-order valence-corrected chi connectivity index (χ2v) is 12.9. The first-order valence-electron chi connectivity index (χ1n) is 17.7. The van der Waals surface area contributed by atoms with E-state index in [-0.39, 0.29) is 0 Å². The first kappa shape index (κ1) is 33.1. The summed E-state index contributed by atoms with van der Waals surface area (Å²) in [4.78, 5) is 2.89. The molecule has 2 fully saturated rings. The van der Waals surface area contributed by atoms with Gasteiger partial charge in [0, 0.05) is 18.7 Å². The van der Waals surface area contributed by atoms with E-state index < -0.39 is 0 Å². The Hall–Kier alpha value is -0.0800. The second-order valence-electron chi connectivity index (χ2n) is 12.9. The summed E-state index contributed by atoms with van der Waals surface area (Å²) in [5.41, 5.74) is 0. The van der Waals surface area contributed by atoms with Crippen molar-refractivity contribution in [3.05, 3.63) is 0 Å². The highest BCUT2D eigenvalue weighted by Crippen LogP contribution is 2.37. The number of hydrogen-bond donors (Lipinski definition) is 0. The molecule has 0 saturated carbocycles. The zero-order chi connectivity index (χ0) is 26.2. The zero-order valence-corrected chi connectivity index (χ0v) is 25.8. The summed E-state index contributed by atoms with van der Waals surface area (Å²) >= 11 is 0. The molecule has 220 valence electrons. The highest BCUT2D eigenvalue weighted by molar-refractivity contribution is 4.95. The van der Waals surface area contributed by atoms with Crippen molar-refractivity contribution in [2.24, 2.45) is 0 Å². The number of hydrogen-bond acceptors (Lipinski definition) is 2. The molecule has 37 heavy (non-hydrogen) atoms. The van der Waals surface area contributed by atoms with Crippen LogP contribution in [0.5, 0.6) is 0 Å². The van der Waals surface area contributed by atoms with Crippen LogP contribution in [0.25, 0.3) is 0 Å². The summed E-state index contributed by atoms with van der Waals surface area (Å²) in [6.07, 6.45) is 40.6. The van der Waals surface area contributed by atoms with Crippen molar-refractivity contribution in [3.8, 4) is 0 Å². The van der Waals surface area contributed by atoms with Gasteiger partial charge >= 0.3 is 0 Å². The number of unbranched alkanes of at least 4 members (excludes halogenated alkanes) is 22. The molecule has 0 spiro atoms. The molecule has 2 heterocycles. The van der Waals surface area contributed by atoms with Gasteiger partial charge in [0.05, 0.1) is 6.10 Å². The van der Waals surface area contributed by atoms with Gasteiger partial charge in [-0.25, -0.2) is 0 Å². The number of piperidine rings is 1. The van der Waals surface area contributed by atoms with Gasteiger partial charge in [-0.15, -0.1) is 0 Å². The van der Waals surface area contributed by atoms with E-state index in [1.807, 2.05) is 0 Å². The highest BCUT2D eigenvalue weighted by atomic mass is 16.5. The molecule has 2 rings (SSSR count). The highest BCUT2D eigenvalue weighted by Gasteiger charge is 2.40. The normalized spacial score (nSPS) is 21.7. The zero-order valence-electron chi connectivity index (χ0n) is 25.8. The standard InChI is InChI=1S/C35H69NO/c1-3-5-7-9-11-13-15-17-19-21-23-25-29-36-33-27-28-34(36)32-35(31-33)37-30-26-24-22-20-18-16-14-12-10-8-6-4-2/h33-35H,3-32H2,1-2H3. The van der Waals surface area contributed by atoms with Crippen molar-refractivity contribution >= 4 is 0 Å². The lowest BCUT2D eigenvalue weighted by Crippen LogP contribution is -2.45. The van der Waals surface area contributed by atoms with Crippen molar-refractivity contribution in [1.29, 1.82) is 0 Å². The van der Waals surface area contributed by atoms with Gasteiger partial charge in [0.15, 0.2) is 0 Å². The van der Waals surface area contributed by atoms with Crippen LogP contribution in [0.4, 0.5) is 0 Å². The topological polar surface area (TPSA) is 12.5 Å². The molecular formula is C35H69NO. The molecule has 2 saturated heterocycles. The third-order valence-corrected chi connectivity index (χ3v) is 9.46. The average Bonchev–Trinajstić information content (AvgIpc) is 3.14. The van der Waals surface area contributed by atoms with Gasteiger partial charge in [-0.3, -0.25) is 4.90 Å². The quantitative estimate of drug-likeness (QED) is 0.100. The van der Waals surface area contributed by atoms with Gasteiger partial charge in [-0.2, -0.15) is 0 Å². The fourth-order valence-electron chi connectivity index (χ4n) is 7.05. The first-order valence-corrected chi connectivity index (χ1v) is 17.7. The lowest BCUT2D eigenvalue weighted by atomic mass is 9.98. The largest absolute Gasteiger partial charge is 0.378 e. The van der Waals surface area contributed by atoms with E-state index >= 15 is 0 Å². The molecule has 2 atom stereocenters. The molecule has 0 amide bonds. The molecule has 2 nitrogen and oxygen atoms in total. The van der Waals surface area contributed by atoms with Crippen LogP contribution in [-0.4, -0.2) is 36.2 Å². The molecule has 0 aliphatic carbocycles.